The van der Waals surface area contributed by atoms with Gasteiger partial charge in [-0.2, -0.15) is 9.41 Å². The zero-order valence-electron chi connectivity index (χ0n) is 15.8. The maximum absolute atomic E-state index is 12.9. The number of nitro benzene ring substituents is 1. The predicted octanol–water partition coefficient (Wildman–Crippen LogP) is 3.08. The second-order valence-electron chi connectivity index (χ2n) is 5.67. The molecule has 2 rings (SSSR count). The van der Waals surface area contributed by atoms with E-state index in [0.717, 1.165) is 11.6 Å². The van der Waals surface area contributed by atoms with Gasteiger partial charge in [-0.15, -0.1) is 0 Å². The molecule has 10 heteroatoms. The average Bonchev–Trinajstić information content (AvgIpc) is 2.68. The van der Waals surface area contributed by atoms with Crippen LogP contribution in [0.25, 0.3) is 0 Å². The standard InChI is InChI=1S/C18H22N4O5S/c1-4-21(5-2)28(25,26)18-12-15(22(23)24)9-10-17(18)20-19-13-14-7-6-8-16(11-14)27-3/h6-13,20H,4-5H2,1-3H3. The Kier molecular flexibility index (Phi) is 7.07. The molecule has 0 saturated carbocycles. The molecule has 0 aromatic heterocycles. The van der Waals surface area contributed by atoms with Gasteiger partial charge in [0, 0.05) is 25.2 Å². The highest BCUT2D eigenvalue weighted by Crippen LogP contribution is 2.29. The summed E-state index contributed by atoms with van der Waals surface area (Å²) in [5.41, 5.74) is 3.25. The first-order valence-corrected chi connectivity index (χ1v) is 9.99. The molecule has 1 N–H and O–H groups in total. The van der Waals surface area contributed by atoms with Crippen molar-refractivity contribution in [3.8, 4) is 5.75 Å². The number of hydrogen-bond acceptors (Lipinski definition) is 7. The van der Waals surface area contributed by atoms with Gasteiger partial charge in [-0.25, -0.2) is 8.42 Å². The fourth-order valence-corrected chi connectivity index (χ4v) is 4.15. The molecule has 0 aliphatic carbocycles. The molecule has 0 unspecified atom stereocenters. The van der Waals surface area contributed by atoms with Crippen molar-refractivity contribution in [3.63, 3.8) is 0 Å². The maximum Gasteiger partial charge on any atom is 0.270 e. The number of hydrazone groups is 1. The van der Waals surface area contributed by atoms with Crippen LogP contribution >= 0.6 is 0 Å². The van der Waals surface area contributed by atoms with E-state index >= 15 is 0 Å². The van der Waals surface area contributed by atoms with Gasteiger partial charge in [0.25, 0.3) is 5.69 Å². The average molecular weight is 406 g/mol. The van der Waals surface area contributed by atoms with Crippen LogP contribution in [0.1, 0.15) is 19.4 Å². The molecule has 0 saturated heterocycles. The second kappa shape index (κ2) is 9.29. The minimum Gasteiger partial charge on any atom is -0.497 e. The Labute approximate surface area is 163 Å². The van der Waals surface area contributed by atoms with Crippen LogP contribution in [0.4, 0.5) is 11.4 Å². The minimum atomic E-state index is -3.92. The zero-order valence-corrected chi connectivity index (χ0v) is 16.6. The fourth-order valence-electron chi connectivity index (χ4n) is 2.53. The fraction of sp³-hybridized carbons (Fsp3) is 0.278. The Morgan fingerprint density at radius 1 is 1.21 bits per heavy atom. The molecular weight excluding hydrogens is 384 g/mol. The lowest BCUT2D eigenvalue weighted by atomic mass is 10.2. The Morgan fingerprint density at radius 3 is 2.54 bits per heavy atom. The molecule has 150 valence electrons. The molecule has 0 atom stereocenters. The second-order valence-corrected chi connectivity index (χ2v) is 7.58. The third-order valence-electron chi connectivity index (χ3n) is 3.99. The van der Waals surface area contributed by atoms with E-state index in [1.807, 2.05) is 0 Å². The summed E-state index contributed by atoms with van der Waals surface area (Å²) in [5, 5.41) is 15.2. The molecule has 0 fully saturated rings. The number of rotatable bonds is 9. The molecule has 0 amide bonds. The number of nitrogens with zero attached hydrogens (tertiary/aromatic N) is 3. The highest BCUT2D eigenvalue weighted by molar-refractivity contribution is 7.89. The molecule has 28 heavy (non-hydrogen) atoms. The smallest absolute Gasteiger partial charge is 0.270 e. The van der Waals surface area contributed by atoms with Gasteiger partial charge in [0.05, 0.1) is 23.9 Å². The van der Waals surface area contributed by atoms with Gasteiger partial charge in [0.15, 0.2) is 0 Å². The maximum atomic E-state index is 12.9. The number of hydrogen-bond donors (Lipinski definition) is 1. The highest BCUT2D eigenvalue weighted by atomic mass is 32.2. The van der Waals surface area contributed by atoms with Crippen LogP contribution in [0.15, 0.2) is 52.5 Å². The van der Waals surface area contributed by atoms with Gasteiger partial charge in [0.2, 0.25) is 10.0 Å². The van der Waals surface area contributed by atoms with Crippen LogP contribution in [0.2, 0.25) is 0 Å². The highest BCUT2D eigenvalue weighted by Gasteiger charge is 2.27. The topological polar surface area (TPSA) is 114 Å². The summed E-state index contributed by atoms with van der Waals surface area (Å²) in [6.07, 6.45) is 1.50. The number of sulfonamides is 1. The van der Waals surface area contributed by atoms with Crippen LogP contribution < -0.4 is 10.2 Å². The SMILES string of the molecule is CCN(CC)S(=O)(=O)c1cc([N+](=O)[O-])ccc1NN=Cc1cccc(OC)c1. The number of methoxy groups -OCH3 is 1. The van der Waals surface area contributed by atoms with Gasteiger partial charge >= 0.3 is 0 Å². The summed E-state index contributed by atoms with van der Waals surface area (Å²) in [6, 6.07) is 10.7. The normalized spacial score (nSPS) is 11.7. The molecule has 0 heterocycles. The van der Waals surface area contributed by atoms with Crippen molar-refractivity contribution in [2.45, 2.75) is 18.7 Å². The third-order valence-corrected chi connectivity index (χ3v) is 6.08. The molecule has 0 aliphatic rings. The van der Waals surface area contributed by atoms with E-state index < -0.39 is 14.9 Å². The van der Waals surface area contributed by atoms with Crippen molar-refractivity contribution in [2.24, 2.45) is 5.10 Å². The van der Waals surface area contributed by atoms with Crippen LogP contribution in [0.3, 0.4) is 0 Å². The molecule has 0 bridgehead atoms. The van der Waals surface area contributed by atoms with Crippen LogP contribution in [0.5, 0.6) is 5.75 Å². The monoisotopic (exact) mass is 406 g/mol. The van der Waals surface area contributed by atoms with E-state index in [0.29, 0.717) is 5.75 Å². The zero-order chi connectivity index (χ0) is 20.7. The Morgan fingerprint density at radius 2 is 1.93 bits per heavy atom. The number of nitro groups is 1. The number of non-ortho nitro benzene ring substituents is 1. The van der Waals surface area contributed by atoms with Crippen LogP contribution in [-0.2, 0) is 10.0 Å². The summed E-state index contributed by atoms with van der Waals surface area (Å²) in [5.74, 6) is 0.657. The predicted molar refractivity (Wildman–Crippen MR) is 107 cm³/mol. The van der Waals surface area contributed by atoms with Crippen molar-refractivity contribution in [1.82, 2.24) is 4.31 Å². The van der Waals surface area contributed by atoms with Crippen molar-refractivity contribution in [2.75, 3.05) is 25.6 Å². The van der Waals surface area contributed by atoms with Crippen molar-refractivity contribution in [1.29, 1.82) is 0 Å². The van der Waals surface area contributed by atoms with E-state index in [-0.39, 0.29) is 29.4 Å². The molecule has 9 nitrogen and oxygen atoms in total. The number of ether oxygens (including phenoxy) is 1. The number of benzene rings is 2. The quantitative estimate of drug-likeness (QED) is 0.389. The minimum absolute atomic E-state index is 0.150. The van der Waals surface area contributed by atoms with Crippen molar-refractivity contribution >= 4 is 27.6 Å². The first-order chi connectivity index (χ1) is 13.3. The van der Waals surface area contributed by atoms with E-state index in [1.165, 1.54) is 22.7 Å². The largest absolute Gasteiger partial charge is 0.497 e. The molecule has 2 aromatic rings. The summed E-state index contributed by atoms with van der Waals surface area (Å²) in [4.78, 5) is 10.3. The van der Waals surface area contributed by atoms with Crippen LogP contribution in [-0.4, -0.2) is 44.1 Å². The van der Waals surface area contributed by atoms with E-state index in [1.54, 1.807) is 45.2 Å². The summed E-state index contributed by atoms with van der Waals surface area (Å²) >= 11 is 0. The molecule has 0 radical (unpaired) electrons. The molecule has 2 aromatic carbocycles. The van der Waals surface area contributed by atoms with Gasteiger partial charge < -0.3 is 4.74 Å². The Balaban J connectivity index is 2.40. The summed E-state index contributed by atoms with van der Waals surface area (Å²) in [6.45, 7) is 3.89. The van der Waals surface area contributed by atoms with Gasteiger partial charge in [-0.1, -0.05) is 26.0 Å². The van der Waals surface area contributed by atoms with Gasteiger partial charge in [0.1, 0.15) is 10.6 Å². The summed E-state index contributed by atoms with van der Waals surface area (Å²) in [7, 11) is -2.37. The third kappa shape index (κ3) is 4.84. The number of nitrogens with one attached hydrogen (secondary N) is 1. The van der Waals surface area contributed by atoms with Crippen LogP contribution in [0, 0.1) is 10.1 Å². The molecule has 0 aliphatic heterocycles. The van der Waals surface area contributed by atoms with Gasteiger partial charge in [-0.05, 0) is 23.8 Å². The lowest BCUT2D eigenvalue weighted by Gasteiger charge is -2.20. The summed E-state index contributed by atoms with van der Waals surface area (Å²) < 4.78 is 32.2. The Bertz CT molecular complexity index is 972. The van der Waals surface area contributed by atoms with Crippen molar-refractivity contribution in [3.05, 3.63) is 58.1 Å². The lowest BCUT2D eigenvalue weighted by molar-refractivity contribution is -0.385. The van der Waals surface area contributed by atoms with Gasteiger partial charge in [-0.3, -0.25) is 15.5 Å². The van der Waals surface area contributed by atoms with E-state index in [2.05, 4.69) is 10.5 Å². The van der Waals surface area contributed by atoms with Crippen molar-refractivity contribution < 1.29 is 18.1 Å². The number of anilines is 1. The van der Waals surface area contributed by atoms with E-state index in [4.69, 9.17) is 4.74 Å². The molecular formula is C18H22N4O5S. The first kappa shape index (κ1) is 21.3. The first-order valence-electron chi connectivity index (χ1n) is 8.55. The molecule has 0 spiro atoms. The Hall–Kier alpha value is -2.98. The van der Waals surface area contributed by atoms with E-state index in [9.17, 15) is 18.5 Å². The lowest BCUT2D eigenvalue weighted by Crippen LogP contribution is -2.31.